The number of likely N-dealkylation sites (tertiary alicyclic amines) is 1. The summed E-state index contributed by atoms with van der Waals surface area (Å²) in [5, 5.41) is 0. The molecule has 1 aromatic carbocycles. The van der Waals surface area contributed by atoms with E-state index in [1.54, 1.807) is 0 Å². The third kappa shape index (κ3) is 3.67. The number of nitrogens with zero attached hydrogens (tertiary/aromatic N) is 3. The normalized spacial score (nSPS) is 18.9. The third-order valence-corrected chi connectivity index (χ3v) is 4.33. The molecule has 1 unspecified atom stereocenters. The molecule has 0 saturated carbocycles. The van der Waals surface area contributed by atoms with Crippen LogP contribution < -0.4 is 0 Å². The Hall–Kier alpha value is -2.15. The van der Waals surface area contributed by atoms with Gasteiger partial charge in [-0.05, 0) is 43.7 Å². The second kappa shape index (κ2) is 7.17. The van der Waals surface area contributed by atoms with E-state index in [2.05, 4.69) is 4.98 Å². The topological polar surface area (TPSA) is 38.1 Å². The van der Waals surface area contributed by atoms with Crippen LogP contribution in [0.2, 0.25) is 0 Å². The van der Waals surface area contributed by atoms with Crippen molar-refractivity contribution in [2.24, 2.45) is 5.92 Å². The van der Waals surface area contributed by atoms with Crippen molar-refractivity contribution in [1.29, 1.82) is 0 Å². The van der Waals surface area contributed by atoms with Crippen molar-refractivity contribution >= 4 is 5.78 Å². The minimum Gasteiger partial charge on any atom is -0.295 e. The van der Waals surface area contributed by atoms with Gasteiger partial charge in [0.25, 0.3) is 0 Å². The first-order valence-corrected chi connectivity index (χ1v) is 7.86. The molecule has 1 fully saturated rings. The maximum Gasteiger partial charge on any atom is 0.319 e. The summed E-state index contributed by atoms with van der Waals surface area (Å²) in [6, 6.07) is 5.51. The molecule has 1 aromatic heterocycles. The van der Waals surface area contributed by atoms with Gasteiger partial charge in [0.1, 0.15) is 11.6 Å². The molecule has 24 heavy (non-hydrogen) atoms. The van der Waals surface area contributed by atoms with E-state index >= 15 is 0 Å². The lowest BCUT2D eigenvalue weighted by atomic mass is 9.90. The second-order valence-corrected chi connectivity index (χ2v) is 5.97. The Balaban J connectivity index is 1.67. The molecule has 1 aliphatic heterocycles. The highest BCUT2D eigenvalue weighted by molar-refractivity contribution is 5.98. The SMILES string of the molecule is O=C(c1ccc(F)cc1)C1CCCN(Cc2nccn2C(F)F)C1. The zero-order valence-corrected chi connectivity index (χ0v) is 13.0. The summed E-state index contributed by atoms with van der Waals surface area (Å²) in [5.74, 6) is -0.327. The van der Waals surface area contributed by atoms with E-state index in [4.69, 9.17) is 0 Å². The largest absolute Gasteiger partial charge is 0.319 e. The number of rotatable bonds is 5. The van der Waals surface area contributed by atoms with Crippen LogP contribution in [-0.2, 0) is 6.54 Å². The fraction of sp³-hybridized carbons (Fsp3) is 0.412. The van der Waals surface area contributed by atoms with Gasteiger partial charge in [0, 0.05) is 30.4 Å². The summed E-state index contributed by atoms with van der Waals surface area (Å²) in [7, 11) is 0. The minimum absolute atomic E-state index is 0.0306. The van der Waals surface area contributed by atoms with E-state index < -0.39 is 6.55 Å². The van der Waals surface area contributed by atoms with Crippen molar-refractivity contribution in [2.45, 2.75) is 25.9 Å². The number of alkyl halides is 2. The quantitative estimate of drug-likeness (QED) is 0.784. The van der Waals surface area contributed by atoms with Crippen LogP contribution in [0.5, 0.6) is 0 Å². The third-order valence-electron chi connectivity index (χ3n) is 4.33. The average Bonchev–Trinajstić information content (AvgIpc) is 3.03. The lowest BCUT2D eigenvalue weighted by Crippen LogP contribution is -2.38. The number of hydrogen-bond acceptors (Lipinski definition) is 3. The summed E-state index contributed by atoms with van der Waals surface area (Å²) in [5.41, 5.74) is 0.484. The van der Waals surface area contributed by atoms with Gasteiger partial charge < -0.3 is 0 Å². The van der Waals surface area contributed by atoms with Crippen molar-refractivity contribution in [3.05, 3.63) is 53.9 Å². The smallest absolute Gasteiger partial charge is 0.295 e. The first-order valence-electron chi connectivity index (χ1n) is 7.86. The van der Waals surface area contributed by atoms with Gasteiger partial charge in [0.15, 0.2) is 5.78 Å². The molecule has 2 heterocycles. The Bertz CT molecular complexity index is 699. The first kappa shape index (κ1) is 16.7. The van der Waals surface area contributed by atoms with Crippen LogP contribution in [0.15, 0.2) is 36.7 Å². The molecular formula is C17H18F3N3O. The fourth-order valence-electron chi connectivity index (χ4n) is 3.11. The van der Waals surface area contributed by atoms with Gasteiger partial charge in [-0.2, -0.15) is 8.78 Å². The molecule has 1 aliphatic rings. The van der Waals surface area contributed by atoms with Crippen LogP contribution in [0, 0.1) is 11.7 Å². The van der Waals surface area contributed by atoms with Gasteiger partial charge in [-0.15, -0.1) is 0 Å². The molecule has 2 aromatic rings. The Morgan fingerprint density at radius 2 is 2.04 bits per heavy atom. The number of piperidine rings is 1. The van der Waals surface area contributed by atoms with E-state index in [0.29, 0.717) is 17.9 Å². The number of imidazole rings is 1. The summed E-state index contributed by atoms with van der Waals surface area (Å²) >= 11 is 0. The molecule has 0 bridgehead atoms. The number of halogens is 3. The highest BCUT2D eigenvalue weighted by Crippen LogP contribution is 2.23. The van der Waals surface area contributed by atoms with Gasteiger partial charge in [-0.3, -0.25) is 14.3 Å². The van der Waals surface area contributed by atoms with Gasteiger partial charge >= 0.3 is 6.55 Å². The van der Waals surface area contributed by atoms with Gasteiger partial charge in [0.05, 0.1) is 6.54 Å². The Morgan fingerprint density at radius 1 is 1.29 bits per heavy atom. The number of hydrogen-bond donors (Lipinski definition) is 0. The van der Waals surface area contributed by atoms with Crippen LogP contribution in [0.4, 0.5) is 13.2 Å². The van der Waals surface area contributed by atoms with Crippen LogP contribution in [0.1, 0.15) is 35.6 Å². The fourth-order valence-corrected chi connectivity index (χ4v) is 3.11. The zero-order chi connectivity index (χ0) is 17.1. The van der Waals surface area contributed by atoms with Crippen molar-refractivity contribution in [3.63, 3.8) is 0 Å². The number of ketones is 1. The molecule has 0 spiro atoms. The van der Waals surface area contributed by atoms with E-state index in [1.807, 2.05) is 4.90 Å². The first-order chi connectivity index (χ1) is 11.5. The van der Waals surface area contributed by atoms with Gasteiger partial charge in [0.2, 0.25) is 0 Å². The summed E-state index contributed by atoms with van der Waals surface area (Å²) < 4.78 is 39.6. The molecule has 0 aliphatic carbocycles. The predicted octanol–water partition coefficient (Wildman–Crippen LogP) is 3.51. The lowest BCUT2D eigenvalue weighted by molar-refractivity contribution is 0.0603. The van der Waals surface area contributed by atoms with Gasteiger partial charge in [-0.25, -0.2) is 9.37 Å². The van der Waals surface area contributed by atoms with E-state index in [0.717, 1.165) is 24.0 Å². The predicted molar refractivity (Wildman–Crippen MR) is 82.2 cm³/mol. The number of aromatic nitrogens is 2. The summed E-state index contributed by atoms with van der Waals surface area (Å²) in [6.07, 6.45) is 4.17. The second-order valence-electron chi connectivity index (χ2n) is 5.97. The van der Waals surface area contributed by atoms with Gasteiger partial charge in [-0.1, -0.05) is 0 Å². The monoisotopic (exact) mass is 337 g/mol. The van der Waals surface area contributed by atoms with Crippen LogP contribution in [0.25, 0.3) is 0 Å². The van der Waals surface area contributed by atoms with Crippen molar-refractivity contribution in [3.8, 4) is 0 Å². The molecule has 4 nitrogen and oxygen atoms in total. The number of benzene rings is 1. The average molecular weight is 337 g/mol. The van der Waals surface area contributed by atoms with Crippen molar-refractivity contribution < 1.29 is 18.0 Å². The molecular weight excluding hydrogens is 319 g/mol. The molecule has 3 rings (SSSR count). The Kier molecular flexibility index (Phi) is 4.99. The molecule has 1 saturated heterocycles. The highest BCUT2D eigenvalue weighted by atomic mass is 19.3. The maximum absolute atomic E-state index is 13.0. The van der Waals surface area contributed by atoms with Crippen LogP contribution in [-0.4, -0.2) is 33.3 Å². The molecule has 1 atom stereocenters. The van der Waals surface area contributed by atoms with E-state index in [9.17, 15) is 18.0 Å². The standard InChI is InChI=1S/C17H18F3N3O/c18-14-5-3-12(4-6-14)16(24)13-2-1-8-22(10-13)11-15-21-7-9-23(15)17(19)20/h3-7,9,13,17H,1-2,8,10-11H2. The maximum atomic E-state index is 13.0. The minimum atomic E-state index is -2.62. The molecule has 7 heteroatoms. The molecule has 0 radical (unpaired) electrons. The lowest BCUT2D eigenvalue weighted by Gasteiger charge is -2.31. The van der Waals surface area contributed by atoms with Crippen molar-refractivity contribution in [2.75, 3.05) is 13.1 Å². The summed E-state index contributed by atoms with van der Waals surface area (Å²) in [6.45, 7) is -1.11. The Morgan fingerprint density at radius 3 is 2.75 bits per heavy atom. The number of carbonyl (C=O) groups excluding carboxylic acids is 1. The zero-order valence-electron chi connectivity index (χ0n) is 13.0. The number of carbonyl (C=O) groups is 1. The van der Waals surface area contributed by atoms with E-state index in [1.165, 1.54) is 36.7 Å². The molecule has 0 N–H and O–H groups in total. The van der Waals surface area contributed by atoms with Crippen LogP contribution in [0.3, 0.4) is 0 Å². The molecule has 0 amide bonds. The number of Topliss-reactive ketones (excluding diaryl/α,β-unsaturated/α-hetero) is 1. The summed E-state index contributed by atoms with van der Waals surface area (Å²) in [4.78, 5) is 18.5. The van der Waals surface area contributed by atoms with E-state index in [-0.39, 0.29) is 24.1 Å². The highest BCUT2D eigenvalue weighted by Gasteiger charge is 2.27. The van der Waals surface area contributed by atoms with Crippen molar-refractivity contribution in [1.82, 2.24) is 14.5 Å². The molecule has 128 valence electrons. The Labute approximate surface area is 137 Å². The van der Waals surface area contributed by atoms with Crippen LogP contribution >= 0.6 is 0 Å².